The second kappa shape index (κ2) is 7.60. The largest absolute Gasteiger partial charge is 0.326 e. The Bertz CT molecular complexity index is 464. The number of piperidine rings is 1. The Morgan fingerprint density at radius 3 is 2.62 bits per heavy atom. The van der Waals surface area contributed by atoms with Crippen molar-refractivity contribution >= 4 is 11.6 Å². The maximum Gasteiger partial charge on any atom is 0.225 e. The van der Waals surface area contributed by atoms with Crippen LogP contribution in [0.15, 0.2) is 18.2 Å². The fourth-order valence-corrected chi connectivity index (χ4v) is 3.33. The molecule has 0 bridgehead atoms. The van der Waals surface area contributed by atoms with Gasteiger partial charge in [0.2, 0.25) is 5.91 Å². The molecule has 1 aliphatic rings. The van der Waals surface area contributed by atoms with Crippen molar-refractivity contribution in [2.24, 2.45) is 0 Å². The predicted molar refractivity (Wildman–Crippen MR) is 88.7 cm³/mol. The van der Waals surface area contributed by atoms with Crippen molar-refractivity contribution in [3.8, 4) is 0 Å². The zero-order chi connectivity index (χ0) is 15.2. The third kappa shape index (κ3) is 4.85. The number of anilines is 1. The van der Waals surface area contributed by atoms with Gasteiger partial charge >= 0.3 is 0 Å². The van der Waals surface area contributed by atoms with E-state index in [-0.39, 0.29) is 5.91 Å². The van der Waals surface area contributed by atoms with Crippen LogP contribution >= 0.6 is 0 Å². The molecule has 0 saturated carbocycles. The van der Waals surface area contributed by atoms with E-state index in [1.54, 1.807) is 0 Å². The van der Waals surface area contributed by atoms with E-state index in [0.29, 0.717) is 12.5 Å². The highest BCUT2D eigenvalue weighted by atomic mass is 16.1. The van der Waals surface area contributed by atoms with Gasteiger partial charge in [0, 0.05) is 24.7 Å². The summed E-state index contributed by atoms with van der Waals surface area (Å²) >= 11 is 0. The molecule has 3 nitrogen and oxygen atoms in total. The van der Waals surface area contributed by atoms with E-state index in [0.717, 1.165) is 18.8 Å². The molecule has 1 N–H and O–H groups in total. The number of nitrogens with zero attached hydrogens (tertiary/aromatic N) is 1. The van der Waals surface area contributed by atoms with Gasteiger partial charge in [-0.1, -0.05) is 19.4 Å². The number of nitrogens with one attached hydrogen (secondary N) is 1. The average molecular weight is 288 g/mol. The van der Waals surface area contributed by atoms with Gasteiger partial charge in [-0.25, -0.2) is 0 Å². The molecule has 1 heterocycles. The summed E-state index contributed by atoms with van der Waals surface area (Å²) in [5.74, 6) is 0.125. The first-order valence-electron chi connectivity index (χ1n) is 8.20. The van der Waals surface area contributed by atoms with E-state index in [9.17, 15) is 4.79 Å². The molecule has 1 aromatic rings. The molecule has 0 radical (unpaired) electrons. The molecule has 21 heavy (non-hydrogen) atoms. The number of carbonyl (C=O) groups is 1. The molecule has 1 unspecified atom stereocenters. The van der Waals surface area contributed by atoms with Crippen LogP contribution in [0, 0.1) is 13.8 Å². The Morgan fingerprint density at radius 2 is 1.95 bits per heavy atom. The predicted octanol–water partition coefficient (Wildman–Crippen LogP) is 3.90. The maximum absolute atomic E-state index is 12.1. The minimum absolute atomic E-state index is 0.125. The summed E-state index contributed by atoms with van der Waals surface area (Å²) in [5.41, 5.74) is 3.29. The summed E-state index contributed by atoms with van der Waals surface area (Å²) < 4.78 is 0. The van der Waals surface area contributed by atoms with Gasteiger partial charge in [0.1, 0.15) is 0 Å². The Kier molecular flexibility index (Phi) is 5.80. The second-order valence-electron chi connectivity index (χ2n) is 6.27. The van der Waals surface area contributed by atoms with Crippen LogP contribution in [0.3, 0.4) is 0 Å². The minimum atomic E-state index is 0.125. The molecule has 1 saturated heterocycles. The molecule has 1 aromatic carbocycles. The molecule has 0 aromatic heterocycles. The highest BCUT2D eigenvalue weighted by Crippen LogP contribution is 2.20. The molecule has 2 rings (SSSR count). The van der Waals surface area contributed by atoms with Gasteiger partial charge < -0.3 is 5.32 Å². The standard InChI is InChI=1S/C18H28N2O/c1-4-17-7-5-6-9-20(17)10-8-18(21)19-16-12-14(2)11-15(3)13-16/h11-13,17H,4-10H2,1-3H3,(H,19,21). The van der Waals surface area contributed by atoms with E-state index in [1.807, 2.05) is 12.1 Å². The normalized spacial score (nSPS) is 19.5. The van der Waals surface area contributed by atoms with Crippen molar-refractivity contribution in [1.29, 1.82) is 0 Å². The topological polar surface area (TPSA) is 32.3 Å². The third-order valence-electron chi connectivity index (χ3n) is 4.35. The fraction of sp³-hybridized carbons (Fsp3) is 0.611. The van der Waals surface area contributed by atoms with E-state index in [1.165, 1.54) is 36.8 Å². The van der Waals surface area contributed by atoms with Gasteiger partial charge in [-0.2, -0.15) is 0 Å². The molecule has 0 aliphatic carbocycles. The second-order valence-corrected chi connectivity index (χ2v) is 6.27. The Labute approximate surface area is 128 Å². The SMILES string of the molecule is CCC1CCCCN1CCC(=O)Nc1cc(C)cc(C)c1. The van der Waals surface area contributed by atoms with Gasteiger partial charge in [0.25, 0.3) is 0 Å². The fourth-order valence-electron chi connectivity index (χ4n) is 3.33. The lowest BCUT2D eigenvalue weighted by atomic mass is 10.00. The van der Waals surface area contributed by atoms with Gasteiger partial charge in [0.15, 0.2) is 0 Å². The van der Waals surface area contributed by atoms with E-state index < -0.39 is 0 Å². The first-order chi connectivity index (χ1) is 10.1. The van der Waals surface area contributed by atoms with Crippen LogP contribution in [-0.2, 0) is 4.79 Å². The number of rotatable bonds is 5. The summed E-state index contributed by atoms with van der Waals surface area (Å²) in [4.78, 5) is 14.6. The van der Waals surface area contributed by atoms with Crippen LogP contribution in [0.25, 0.3) is 0 Å². The van der Waals surface area contributed by atoms with Crippen molar-refractivity contribution in [3.63, 3.8) is 0 Å². The van der Waals surface area contributed by atoms with E-state index in [4.69, 9.17) is 0 Å². The average Bonchev–Trinajstić information content (AvgIpc) is 2.44. The monoisotopic (exact) mass is 288 g/mol. The quantitative estimate of drug-likeness (QED) is 0.891. The van der Waals surface area contributed by atoms with Crippen LogP contribution < -0.4 is 5.32 Å². The van der Waals surface area contributed by atoms with E-state index >= 15 is 0 Å². The number of hydrogen-bond donors (Lipinski definition) is 1. The first-order valence-corrected chi connectivity index (χ1v) is 8.20. The summed E-state index contributed by atoms with van der Waals surface area (Å²) in [6, 6.07) is 6.85. The number of hydrogen-bond acceptors (Lipinski definition) is 2. The van der Waals surface area contributed by atoms with Crippen molar-refractivity contribution in [3.05, 3.63) is 29.3 Å². The van der Waals surface area contributed by atoms with Gasteiger partial charge in [-0.05, 0) is 62.9 Å². The summed E-state index contributed by atoms with van der Waals surface area (Å²) in [6.07, 6.45) is 5.68. The lowest BCUT2D eigenvalue weighted by molar-refractivity contribution is -0.116. The molecule has 0 spiro atoms. The smallest absolute Gasteiger partial charge is 0.225 e. The molecule has 116 valence electrons. The molecular weight excluding hydrogens is 260 g/mol. The van der Waals surface area contributed by atoms with Gasteiger partial charge in [-0.15, -0.1) is 0 Å². The Morgan fingerprint density at radius 1 is 1.24 bits per heavy atom. The lowest BCUT2D eigenvalue weighted by Crippen LogP contribution is -2.40. The number of amides is 1. The number of benzene rings is 1. The third-order valence-corrected chi connectivity index (χ3v) is 4.35. The first kappa shape index (κ1) is 16.0. The molecule has 1 fully saturated rings. The maximum atomic E-state index is 12.1. The number of aryl methyl sites for hydroxylation is 2. The minimum Gasteiger partial charge on any atom is -0.326 e. The van der Waals surface area contributed by atoms with Crippen LogP contribution in [0.4, 0.5) is 5.69 Å². The molecule has 3 heteroatoms. The summed E-state index contributed by atoms with van der Waals surface area (Å²) in [5, 5.41) is 3.03. The number of carbonyl (C=O) groups excluding carboxylic acids is 1. The van der Waals surface area contributed by atoms with Crippen LogP contribution in [0.5, 0.6) is 0 Å². The highest BCUT2D eigenvalue weighted by molar-refractivity contribution is 5.91. The van der Waals surface area contributed by atoms with Gasteiger partial charge in [-0.3, -0.25) is 9.69 Å². The number of likely N-dealkylation sites (tertiary alicyclic amines) is 1. The van der Waals surface area contributed by atoms with Crippen molar-refractivity contribution in [2.45, 2.75) is 58.9 Å². The summed E-state index contributed by atoms with van der Waals surface area (Å²) in [7, 11) is 0. The highest BCUT2D eigenvalue weighted by Gasteiger charge is 2.20. The van der Waals surface area contributed by atoms with Crippen LogP contribution in [0.1, 0.15) is 50.2 Å². The zero-order valence-corrected chi connectivity index (χ0v) is 13.6. The van der Waals surface area contributed by atoms with Crippen molar-refractivity contribution in [1.82, 2.24) is 4.90 Å². The van der Waals surface area contributed by atoms with Crippen LogP contribution in [-0.4, -0.2) is 29.9 Å². The molecular formula is C18H28N2O. The van der Waals surface area contributed by atoms with Crippen molar-refractivity contribution in [2.75, 3.05) is 18.4 Å². The molecule has 1 aliphatic heterocycles. The Balaban J connectivity index is 1.84. The van der Waals surface area contributed by atoms with Crippen LogP contribution in [0.2, 0.25) is 0 Å². The van der Waals surface area contributed by atoms with Gasteiger partial charge in [0.05, 0.1) is 0 Å². The van der Waals surface area contributed by atoms with Crippen molar-refractivity contribution < 1.29 is 4.79 Å². The zero-order valence-electron chi connectivity index (χ0n) is 13.6. The molecule has 1 amide bonds. The summed E-state index contributed by atoms with van der Waals surface area (Å²) in [6.45, 7) is 8.40. The lowest BCUT2D eigenvalue weighted by Gasteiger charge is -2.35. The Hall–Kier alpha value is -1.35. The molecule has 1 atom stereocenters. The van der Waals surface area contributed by atoms with E-state index in [2.05, 4.69) is 37.1 Å².